The largest absolute Gasteiger partial charge is 0.484 e. The van der Waals surface area contributed by atoms with Crippen molar-refractivity contribution in [2.24, 2.45) is 4.99 Å². The van der Waals surface area contributed by atoms with Gasteiger partial charge in [0.05, 0.1) is 11.6 Å². The Labute approximate surface area is 159 Å². The molecule has 2 rings (SSSR count). The van der Waals surface area contributed by atoms with Gasteiger partial charge in [0.25, 0.3) is 0 Å². The number of ether oxygens (including phenoxy) is 1. The van der Waals surface area contributed by atoms with Crippen LogP contribution in [0.1, 0.15) is 16.7 Å². The van der Waals surface area contributed by atoms with Gasteiger partial charge < -0.3 is 15.4 Å². The van der Waals surface area contributed by atoms with E-state index >= 15 is 0 Å². The van der Waals surface area contributed by atoms with E-state index in [1.165, 1.54) is 30.3 Å². The summed E-state index contributed by atoms with van der Waals surface area (Å²) in [7, 11) is 1.55. The highest BCUT2D eigenvalue weighted by Crippen LogP contribution is 2.18. The second-order valence-electron chi connectivity index (χ2n) is 5.75. The minimum Gasteiger partial charge on any atom is -0.484 e. The van der Waals surface area contributed by atoms with Crippen molar-refractivity contribution in [3.8, 4) is 11.8 Å². The van der Waals surface area contributed by atoms with Crippen molar-refractivity contribution in [3.63, 3.8) is 0 Å². The van der Waals surface area contributed by atoms with Gasteiger partial charge in [-0.2, -0.15) is 18.4 Å². The van der Waals surface area contributed by atoms with Crippen molar-refractivity contribution < 1.29 is 22.3 Å². The van der Waals surface area contributed by atoms with Crippen molar-refractivity contribution in [3.05, 3.63) is 65.0 Å². The van der Waals surface area contributed by atoms with E-state index in [9.17, 15) is 17.6 Å². The van der Waals surface area contributed by atoms with E-state index in [2.05, 4.69) is 20.4 Å². The summed E-state index contributed by atoms with van der Waals surface area (Å²) >= 11 is 0. The molecule has 2 N–H and O–H groups in total. The van der Waals surface area contributed by atoms with Gasteiger partial charge in [-0.3, -0.25) is 4.99 Å². The summed E-state index contributed by atoms with van der Waals surface area (Å²) < 4.78 is 54.9. The van der Waals surface area contributed by atoms with Crippen LogP contribution in [-0.4, -0.2) is 25.8 Å². The van der Waals surface area contributed by atoms with E-state index in [-0.39, 0.29) is 12.3 Å². The van der Waals surface area contributed by atoms with Crippen molar-refractivity contribution in [2.75, 3.05) is 13.7 Å². The number of alkyl halides is 3. The van der Waals surface area contributed by atoms with E-state index in [1.807, 2.05) is 6.07 Å². The number of benzene rings is 2. The Morgan fingerprint density at radius 2 is 1.79 bits per heavy atom. The average molecular weight is 394 g/mol. The molecule has 9 heteroatoms. The van der Waals surface area contributed by atoms with Gasteiger partial charge in [-0.1, -0.05) is 12.1 Å². The zero-order valence-electron chi connectivity index (χ0n) is 15.0. The molecule has 0 heterocycles. The summed E-state index contributed by atoms with van der Waals surface area (Å²) in [4.78, 5) is 4.02. The molecule has 0 saturated heterocycles. The Morgan fingerprint density at radius 3 is 2.39 bits per heavy atom. The fourth-order valence-corrected chi connectivity index (χ4v) is 2.23. The molecule has 2 aromatic rings. The molecule has 5 nitrogen and oxygen atoms in total. The van der Waals surface area contributed by atoms with Crippen molar-refractivity contribution in [1.82, 2.24) is 10.6 Å². The van der Waals surface area contributed by atoms with Crippen LogP contribution >= 0.6 is 0 Å². The van der Waals surface area contributed by atoms with Crippen molar-refractivity contribution >= 4 is 5.96 Å². The molecular weight excluding hydrogens is 376 g/mol. The van der Waals surface area contributed by atoms with Gasteiger partial charge in [0, 0.05) is 25.7 Å². The Morgan fingerprint density at radius 1 is 1.11 bits per heavy atom. The highest BCUT2D eigenvalue weighted by atomic mass is 19.4. The van der Waals surface area contributed by atoms with E-state index in [0.29, 0.717) is 23.6 Å². The standard InChI is InChI=1S/C19H18F4N4O/c1-25-18(27-11-15-8-14(9-24)4-7-17(15)20)26-10-13-2-5-16(6-3-13)28-12-19(21,22)23/h2-8H,10-12H2,1H3,(H2,25,26,27). The number of nitrogens with one attached hydrogen (secondary N) is 2. The third-order valence-electron chi connectivity index (χ3n) is 3.63. The summed E-state index contributed by atoms with van der Waals surface area (Å²) in [6, 6.07) is 12.2. The number of rotatable bonds is 6. The van der Waals surface area contributed by atoms with E-state index in [1.54, 1.807) is 19.2 Å². The molecule has 0 radical (unpaired) electrons. The molecule has 0 unspecified atom stereocenters. The molecular formula is C19H18F4N4O. The Hall–Kier alpha value is -3.28. The molecule has 0 aliphatic rings. The Bertz CT molecular complexity index is 858. The van der Waals surface area contributed by atoms with Crippen LogP contribution in [0, 0.1) is 17.1 Å². The number of guanidine groups is 1. The molecule has 0 amide bonds. The Kier molecular flexibility index (Phi) is 7.21. The summed E-state index contributed by atoms with van der Waals surface area (Å²) in [5, 5.41) is 14.8. The highest BCUT2D eigenvalue weighted by Gasteiger charge is 2.28. The lowest BCUT2D eigenvalue weighted by atomic mass is 10.1. The fourth-order valence-electron chi connectivity index (χ4n) is 2.23. The third-order valence-corrected chi connectivity index (χ3v) is 3.63. The summed E-state index contributed by atoms with van der Waals surface area (Å²) in [6.45, 7) is -0.865. The molecule has 0 atom stereocenters. The number of hydrogen-bond acceptors (Lipinski definition) is 3. The third kappa shape index (κ3) is 6.79. The summed E-state index contributed by atoms with van der Waals surface area (Å²) in [6.07, 6.45) is -4.38. The van der Waals surface area contributed by atoms with Gasteiger partial charge in [-0.25, -0.2) is 4.39 Å². The maximum absolute atomic E-state index is 13.8. The molecule has 0 spiro atoms. The second kappa shape index (κ2) is 9.60. The molecule has 0 aromatic heterocycles. The lowest BCUT2D eigenvalue weighted by molar-refractivity contribution is -0.153. The minimum absolute atomic E-state index is 0.122. The zero-order valence-corrected chi connectivity index (χ0v) is 15.0. The molecule has 0 aliphatic carbocycles. The van der Waals surface area contributed by atoms with Gasteiger partial charge in [-0.05, 0) is 35.9 Å². The number of nitrogens with zero attached hydrogens (tertiary/aromatic N) is 2. The topological polar surface area (TPSA) is 69.4 Å². The summed E-state index contributed by atoms with van der Waals surface area (Å²) in [5.41, 5.74) is 1.47. The Balaban J connectivity index is 1.86. The fraction of sp³-hybridized carbons (Fsp3) is 0.263. The lowest BCUT2D eigenvalue weighted by Gasteiger charge is -2.13. The zero-order chi connectivity index (χ0) is 20.6. The number of halogens is 4. The van der Waals surface area contributed by atoms with Crippen LogP contribution in [0.15, 0.2) is 47.5 Å². The van der Waals surface area contributed by atoms with Crippen LogP contribution in [0.25, 0.3) is 0 Å². The first kappa shape index (κ1) is 21.0. The van der Waals surface area contributed by atoms with E-state index in [4.69, 9.17) is 5.26 Å². The normalized spacial score (nSPS) is 11.6. The number of aliphatic imine (C=N–C) groups is 1. The van der Waals surface area contributed by atoms with Crippen LogP contribution in [0.5, 0.6) is 5.75 Å². The molecule has 28 heavy (non-hydrogen) atoms. The molecule has 0 bridgehead atoms. The van der Waals surface area contributed by atoms with Gasteiger partial charge in [0.15, 0.2) is 12.6 Å². The summed E-state index contributed by atoms with van der Waals surface area (Å²) in [5.74, 6) is 0.0898. The predicted octanol–water partition coefficient (Wildman–Crippen LogP) is 3.50. The predicted molar refractivity (Wildman–Crippen MR) is 96.1 cm³/mol. The smallest absolute Gasteiger partial charge is 0.422 e. The first-order valence-corrected chi connectivity index (χ1v) is 8.22. The number of hydrogen-bond donors (Lipinski definition) is 2. The molecule has 148 valence electrons. The van der Waals surface area contributed by atoms with Gasteiger partial charge >= 0.3 is 6.18 Å². The number of nitriles is 1. The van der Waals surface area contributed by atoms with Crippen LogP contribution in [0.4, 0.5) is 17.6 Å². The first-order chi connectivity index (χ1) is 13.3. The van der Waals surface area contributed by atoms with Crippen LogP contribution in [0.2, 0.25) is 0 Å². The van der Waals surface area contributed by atoms with Crippen molar-refractivity contribution in [2.45, 2.75) is 19.3 Å². The van der Waals surface area contributed by atoms with Crippen LogP contribution < -0.4 is 15.4 Å². The minimum atomic E-state index is -4.38. The van der Waals surface area contributed by atoms with E-state index < -0.39 is 18.6 Å². The maximum atomic E-state index is 13.8. The highest BCUT2D eigenvalue weighted by molar-refractivity contribution is 5.79. The quantitative estimate of drug-likeness (QED) is 0.447. The molecule has 0 fully saturated rings. The monoisotopic (exact) mass is 394 g/mol. The lowest BCUT2D eigenvalue weighted by Crippen LogP contribution is -2.36. The van der Waals surface area contributed by atoms with Gasteiger partial charge in [0.2, 0.25) is 0 Å². The van der Waals surface area contributed by atoms with E-state index in [0.717, 1.165) is 5.56 Å². The SMILES string of the molecule is CN=C(NCc1ccc(OCC(F)(F)F)cc1)NCc1cc(C#N)ccc1F. The van der Waals surface area contributed by atoms with Crippen LogP contribution in [-0.2, 0) is 13.1 Å². The molecule has 0 aliphatic heterocycles. The molecule has 0 saturated carbocycles. The second-order valence-corrected chi connectivity index (χ2v) is 5.75. The van der Waals surface area contributed by atoms with Gasteiger partial charge in [-0.15, -0.1) is 0 Å². The van der Waals surface area contributed by atoms with Gasteiger partial charge in [0.1, 0.15) is 11.6 Å². The first-order valence-electron chi connectivity index (χ1n) is 8.22. The average Bonchev–Trinajstić information content (AvgIpc) is 2.68. The maximum Gasteiger partial charge on any atom is 0.422 e. The molecule has 2 aromatic carbocycles. The van der Waals surface area contributed by atoms with Crippen LogP contribution in [0.3, 0.4) is 0 Å². The van der Waals surface area contributed by atoms with Crippen molar-refractivity contribution in [1.29, 1.82) is 5.26 Å².